The van der Waals surface area contributed by atoms with Gasteiger partial charge < -0.3 is 30.0 Å². The molecule has 12 heteroatoms. The lowest BCUT2D eigenvalue weighted by atomic mass is 10.0. The molecule has 3 rings (SSSR count). The largest absolute Gasteiger partial charge is 0.450 e. The fourth-order valence-corrected chi connectivity index (χ4v) is 3.83. The number of amides is 2. The summed E-state index contributed by atoms with van der Waals surface area (Å²) in [6.45, 7) is 5.39. The van der Waals surface area contributed by atoms with Gasteiger partial charge in [-0.3, -0.25) is 9.16 Å². The van der Waals surface area contributed by atoms with E-state index in [-0.39, 0.29) is 25.2 Å². The van der Waals surface area contributed by atoms with Crippen LogP contribution in [0.3, 0.4) is 0 Å². The Morgan fingerprint density at radius 1 is 1.19 bits per heavy atom. The number of hydrogen-bond donors (Lipinski definition) is 4. The van der Waals surface area contributed by atoms with Gasteiger partial charge in [-0.1, -0.05) is 35.2 Å². The third-order valence-electron chi connectivity index (χ3n) is 4.96. The smallest absolute Gasteiger partial charge is 0.410 e. The second-order valence-electron chi connectivity index (χ2n) is 7.98. The standard InChI is InChI=1S/C25H29N6O5S/c1-4-36-25(34)31-37(35)21-10-8-20(9-11-21)29-24-27-14-22(23(30-24)28-16(2)15-32)19-7-5-6-18(12-19)13-26-17(3)33/h5-12,14,16,32H,4,13,15H2,1-3H3,(H,26,33)(H2,27,28,29,30)/q-1/t16-/m1/s1. The van der Waals surface area contributed by atoms with Gasteiger partial charge in [0.15, 0.2) is 0 Å². The third-order valence-corrected chi connectivity index (χ3v) is 5.95. The Hall–Kier alpha value is -4.03. The molecule has 1 heterocycles. The van der Waals surface area contributed by atoms with E-state index in [1.165, 1.54) is 6.92 Å². The van der Waals surface area contributed by atoms with Crippen LogP contribution in [0.25, 0.3) is 11.1 Å². The molecule has 0 aliphatic heterocycles. The Kier molecular flexibility index (Phi) is 9.92. The number of nitrogens with zero attached hydrogens (tertiary/aromatic N) is 3. The first-order valence-electron chi connectivity index (χ1n) is 11.5. The number of carbonyl (C=O) groups is 2. The van der Waals surface area contributed by atoms with Gasteiger partial charge in [-0.05, 0) is 43.2 Å². The lowest BCUT2D eigenvalue weighted by Crippen LogP contribution is -2.21. The molecule has 0 unspecified atom stereocenters. The predicted molar refractivity (Wildman–Crippen MR) is 141 cm³/mol. The summed E-state index contributed by atoms with van der Waals surface area (Å²) in [6, 6.07) is 13.9. The topological polar surface area (TPSA) is 155 Å². The molecule has 4 N–H and O–H groups in total. The van der Waals surface area contributed by atoms with Crippen LogP contribution in [-0.4, -0.2) is 46.3 Å². The highest BCUT2D eigenvalue weighted by molar-refractivity contribution is 7.75. The maximum Gasteiger partial charge on any atom is 0.410 e. The number of carbonyl (C=O) groups excluding carboxylic acids is 2. The van der Waals surface area contributed by atoms with E-state index in [0.717, 1.165) is 16.7 Å². The zero-order chi connectivity index (χ0) is 26.8. The van der Waals surface area contributed by atoms with Gasteiger partial charge in [0.1, 0.15) is 5.82 Å². The van der Waals surface area contributed by atoms with Crippen molar-refractivity contribution in [2.24, 2.45) is 4.36 Å². The highest BCUT2D eigenvalue weighted by Gasteiger charge is 2.13. The van der Waals surface area contributed by atoms with Gasteiger partial charge in [0.05, 0.1) is 13.2 Å². The highest BCUT2D eigenvalue weighted by Crippen LogP contribution is 2.29. The molecule has 1 aromatic heterocycles. The third kappa shape index (κ3) is 8.26. The van der Waals surface area contributed by atoms with Crippen molar-refractivity contribution < 1.29 is 23.6 Å². The van der Waals surface area contributed by atoms with Crippen LogP contribution in [0.4, 0.5) is 22.2 Å². The molecular weight excluding hydrogens is 496 g/mol. The van der Waals surface area contributed by atoms with Gasteiger partial charge in [-0.25, -0.2) is 9.78 Å². The molecule has 0 bridgehead atoms. The molecule has 0 fully saturated rings. The monoisotopic (exact) mass is 525 g/mol. The molecule has 0 saturated heterocycles. The molecule has 0 spiro atoms. The summed E-state index contributed by atoms with van der Waals surface area (Å²) in [6.07, 6.45) is 0.787. The molecule has 37 heavy (non-hydrogen) atoms. The Bertz CT molecular complexity index is 1330. The normalized spacial score (nSPS) is 12.4. The minimum absolute atomic E-state index is 0.0930. The van der Waals surface area contributed by atoms with Crippen molar-refractivity contribution in [2.75, 3.05) is 23.8 Å². The van der Waals surface area contributed by atoms with Crippen LogP contribution in [0.5, 0.6) is 0 Å². The van der Waals surface area contributed by atoms with Crippen LogP contribution < -0.4 is 16.0 Å². The van der Waals surface area contributed by atoms with Gasteiger partial charge in [0, 0.05) is 37.0 Å². The lowest BCUT2D eigenvalue weighted by molar-refractivity contribution is -0.119. The number of nitrogens with one attached hydrogen (secondary N) is 3. The summed E-state index contributed by atoms with van der Waals surface area (Å²) in [4.78, 5) is 32.1. The Balaban J connectivity index is 1.84. The zero-order valence-corrected chi connectivity index (χ0v) is 21.5. The van der Waals surface area contributed by atoms with E-state index in [1.54, 1.807) is 37.4 Å². The summed E-state index contributed by atoms with van der Waals surface area (Å²) in [5.74, 6) is 0.702. The van der Waals surface area contributed by atoms with Crippen molar-refractivity contribution in [1.29, 1.82) is 0 Å². The Labute approximate surface area is 216 Å². The van der Waals surface area contributed by atoms with Crippen LogP contribution in [0, 0.1) is 0 Å². The average molecular weight is 526 g/mol. The van der Waals surface area contributed by atoms with E-state index >= 15 is 0 Å². The minimum Gasteiger partial charge on any atom is -0.450 e. The summed E-state index contributed by atoms with van der Waals surface area (Å²) in [7, 11) is -1.88. The van der Waals surface area contributed by atoms with Crippen molar-refractivity contribution in [2.45, 2.75) is 38.3 Å². The van der Waals surface area contributed by atoms with E-state index < -0.39 is 16.7 Å². The molecule has 11 nitrogen and oxygen atoms in total. The summed E-state index contributed by atoms with van der Waals surface area (Å²) < 4.78 is 20.4. The predicted octanol–water partition coefficient (Wildman–Crippen LogP) is 3.98. The van der Waals surface area contributed by atoms with Gasteiger partial charge in [-0.15, -0.1) is 10.6 Å². The Morgan fingerprint density at radius 3 is 2.62 bits per heavy atom. The maximum atomic E-state index is 12.2. The molecule has 1 atom stereocenters. The number of aromatic nitrogens is 2. The fourth-order valence-electron chi connectivity index (χ4n) is 3.17. The van der Waals surface area contributed by atoms with Crippen molar-refractivity contribution >= 4 is 40.0 Å². The number of aliphatic hydroxyl groups excluding tert-OH is 1. The van der Waals surface area contributed by atoms with E-state index in [2.05, 4.69) is 35.0 Å². The number of ether oxygens (including phenoxy) is 1. The molecule has 0 radical (unpaired) electrons. The molecule has 0 saturated carbocycles. The average Bonchev–Trinajstić information content (AvgIpc) is 2.88. The van der Waals surface area contributed by atoms with Crippen molar-refractivity contribution in [3.63, 3.8) is 0 Å². The van der Waals surface area contributed by atoms with Gasteiger partial charge in [-0.2, -0.15) is 4.98 Å². The fraction of sp³-hybridized carbons (Fsp3) is 0.280. The molecule has 0 aliphatic carbocycles. The summed E-state index contributed by atoms with van der Waals surface area (Å²) >= 11 is 0. The second-order valence-corrected chi connectivity index (χ2v) is 9.13. The Morgan fingerprint density at radius 2 is 1.95 bits per heavy atom. The van der Waals surface area contributed by atoms with Crippen molar-refractivity contribution in [3.8, 4) is 11.1 Å². The van der Waals surface area contributed by atoms with Crippen LogP contribution in [0.15, 0.2) is 64.0 Å². The number of aliphatic hydroxyl groups is 1. The second kappa shape index (κ2) is 13.3. The first-order valence-corrected chi connectivity index (χ1v) is 12.6. The van der Waals surface area contributed by atoms with Crippen LogP contribution in [0.2, 0.25) is 0 Å². The zero-order valence-electron chi connectivity index (χ0n) is 20.7. The molecule has 3 aromatic rings. The van der Waals surface area contributed by atoms with Crippen molar-refractivity contribution in [3.05, 3.63) is 60.3 Å². The molecule has 2 amide bonds. The van der Waals surface area contributed by atoms with Crippen molar-refractivity contribution in [1.82, 2.24) is 15.3 Å². The van der Waals surface area contributed by atoms with Crippen LogP contribution in [0.1, 0.15) is 26.3 Å². The van der Waals surface area contributed by atoms with Crippen LogP contribution >= 0.6 is 0 Å². The maximum absolute atomic E-state index is 12.2. The van der Waals surface area contributed by atoms with E-state index in [0.29, 0.717) is 28.9 Å². The van der Waals surface area contributed by atoms with Gasteiger partial charge >= 0.3 is 6.09 Å². The van der Waals surface area contributed by atoms with Crippen LogP contribution in [-0.2, 0) is 30.9 Å². The SMILES string of the molecule is CCOC(=O)N=[S-](=O)c1ccc(Nc2ncc(-c3cccc(CNC(C)=O)c3)c(N[C@H](C)CO)n2)cc1. The quantitative estimate of drug-likeness (QED) is 0.288. The molecular formula is C25H29N6O5S-. The first-order chi connectivity index (χ1) is 17.8. The van der Waals surface area contributed by atoms with E-state index in [4.69, 9.17) is 0 Å². The number of benzene rings is 2. The lowest BCUT2D eigenvalue weighted by Gasteiger charge is -2.17. The highest BCUT2D eigenvalue weighted by atomic mass is 32.2. The summed E-state index contributed by atoms with van der Waals surface area (Å²) in [5, 5.41) is 18.6. The summed E-state index contributed by atoms with van der Waals surface area (Å²) in [5.41, 5.74) is 3.12. The first kappa shape index (κ1) is 27.6. The minimum atomic E-state index is -1.88. The molecule has 2 aromatic carbocycles. The van der Waals surface area contributed by atoms with E-state index in [1.807, 2.05) is 31.2 Å². The number of rotatable bonds is 10. The number of hydrogen-bond acceptors (Lipinski definition) is 10. The molecule has 196 valence electrons. The number of anilines is 3. The molecule has 0 aliphatic rings. The van der Waals surface area contributed by atoms with E-state index in [9.17, 15) is 18.9 Å². The van der Waals surface area contributed by atoms with Gasteiger partial charge in [0.2, 0.25) is 11.9 Å². The van der Waals surface area contributed by atoms with Gasteiger partial charge in [0.25, 0.3) is 0 Å².